The molecule has 0 bridgehead atoms. The van der Waals surface area contributed by atoms with Crippen LogP contribution in [0.15, 0.2) is 22.7 Å². The molecule has 0 amide bonds. The van der Waals surface area contributed by atoms with E-state index >= 15 is 0 Å². The van der Waals surface area contributed by atoms with Gasteiger partial charge in [-0.1, -0.05) is 22.9 Å². The standard InChI is InChI=1S/C17H27BrN2O/c1-5-8-19-14(4)16-9-15(18)6-7-17(16)20-10-12(2)21-13(3)11-20/h6-7,9,12-14,19H,5,8,10-11H2,1-4H3. The first-order chi connectivity index (χ1) is 10.0. The summed E-state index contributed by atoms with van der Waals surface area (Å²) in [5.41, 5.74) is 2.69. The minimum absolute atomic E-state index is 0.282. The molecule has 1 saturated heterocycles. The SMILES string of the molecule is CCCNC(C)c1cc(Br)ccc1N1CC(C)OC(C)C1. The minimum Gasteiger partial charge on any atom is -0.372 e. The lowest BCUT2D eigenvalue weighted by Crippen LogP contribution is -2.46. The molecule has 1 fully saturated rings. The predicted molar refractivity (Wildman–Crippen MR) is 93.1 cm³/mol. The Kier molecular flexibility index (Phi) is 6.08. The Morgan fingerprint density at radius 3 is 2.62 bits per heavy atom. The highest BCUT2D eigenvalue weighted by molar-refractivity contribution is 9.10. The second-order valence-corrected chi connectivity index (χ2v) is 6.96. The van der Waals surface area contributed by atoms with E-state index in [0.717, 1.165) is 30.5 Å². The van der Waals surface area contributed by atoms with Gasteiger partial charge in [-0.15, -0.1) is 0 Å². The number of benzene rings is 1. The average molecular weight is 355 g/mol. The van der Waals surface area contributed by atoms with Crippen molar-refractivity contribution in [1.82, 2.24) is 5.32 Å². The molecular formula is C17H27BrN2O. The van der Waals surface area contributed by atoms with Crippen LogP contribution in [0, 0.1) is 0 Å². The molecule has 4 heteroatoms. The fraction of sp³-hybridized carbons (Fsp3) is 0.647. The van der Waals surface area contributed by atoms with Crippen molar-refractivity contribution in [3.63, 3.8) is 0 Å². The van der Waals surface area contributed by atoms with Crippen molar-refractivity contribution in [3.8, 4) is 0 Å². The quantitative estimate of drug-likeness (QED) is 0.860. The van der Waals surface area contributed by atoms with Crippen molar-refractivity contribution in [2.75, 3.05) is 24.5 Å². The molecule has 2 rings (SSSR count). The van der Waals surface area contributed by atoms with Crippen molar-refractivity contribution >= 4 is 21.6 Å². The van der Waals surface area contributed by atoms with E-state index < -0.39 is 0 Å². The van der Waals surface area contributed by atoms with Gasteiger partial charge in [-0.25, -0.2) is 0 Å². The molecule has 3 atom stereocenters. The first-order valence-electron chi connectivity index (χ1n) is 7.94. The van der Waals surface area contributed by atoms with Crippen LogP contribution in [0.25, 0.3) is 0 Å². The molecule has 0 spiro atoms. The zero-order valence-corrected chi connectivity index (χ0v) is 15.1. The van der Waals surface area contributed by atoms with Crippen LogP contribution in [0.3, 0.4) is 0 Å². The highest BCUT2D eigenvalue weighted by atomic mass is 79.9. The van der Waals surface area contributed by atoms with Crippen molar-refractivity contribution in [1.29, 1.82) is 0 Å². The lowest BCUT2D eigenvalue weighted by Gasteiger charge is -2.38. The van der Waals surface area contributed by atoms with Gasteiger partial charge in [-0.05, 0) is 57.5 Å². The second kappa shape index (κ2) is 7.61. The van der Waals surface area contributed by atoms with E-state index in [1.807, 2.05) is 0 Å². The summed E-state index contributed by atoms with van der Waals surface area (Å²) in [5, 5.41) is 3.60. The van der Waals surface area contributed by atoms with Gasteiger partial charge in [0.25, 0.3) is 0 Å². The molecule has 118 valence electrons. The number of hydrogen-bond acceptors (Lipinski definition) is 3. The molecule has 1 aliphatic rings. The van der Waals surface area contributed by atoms with E-state index in [0.29, 0.717) is 6.04 Å². The molecule has 0 aromatic heterocycles. The van der Waals surface area contributed by atoms with Crippen LogP contribution < -0.4 is 10.2 Å². The Bertz CT molecular complexity index is 456. The van der Waals surface area contributed by atoms with Gasteiger partial charge in [0, 0.05) is 29.3 Å². The largest absolute Gasteiger partial charge is 0.372 e. The number of hydrogen-bond donors (Lipinski definition) is 1. The van der Waals surface area contributed by atoms with E-state index in [4.69, 9.17) is 4.74 Å². The Morgan fingerprint density at radius 1 is 1.33 bits per heavy atom. The summed E-state index contributed by atoms with van der Waals surface area (Å²) in [6.45, 7) is 11.7. The third-order valence-corrected chi connectivity index (χ3v) is 4.41. The van der Waals surface area contributed by atoms with E-state index in [1.54, 1.807) is 0 Å². The molecular weight excluding hydrogens is 328 g/mol. The molecule has 1 aromatic carbocycles. The minimum atomic E-state index is 0.282. The van der Waals surface area contributed by atoms with Gasteiger partial charge in [-0.2, -0.15) is 0 Å². The van der Waals surface area contributed by atoms with Crippen molar-refractivity contribution < 1.29 is 4.74 Å². The van der Waals surface area contributed by atoms with Crippen LogP contribution in [-0.4, -0.2) is 31.8 Å². The van der Waals surface area contributed by atoms with Crippen molar-refractivity contribution in [2.45, 2.75) is 52.4 Å². The molecule has 3 unspecified atom stereocenters. The smallest absolute Gasteiger partial charge is 0.0726 e. The fourth-order valence-electron chi connectivity index (χ4n) is 3.01. The monoisotopic (exact) mass is 354 g/mol. The van der Waals surface area contributed by atoms with Gasteiger partial charge in [0.05, 0.1) is 12.2 Å². The number of anilines is 1. The molecule has 1 heterocycles. The maximum atomic E-state index is 5.86. The van der Waals surface area contributed by atoms with Gasteiger partial charge in [0.15, 0.2) is 0 Å². The molecule has 1 aromatic rings. The molecule has 0 radical (unpaired) electrons. The predicted octanol–water partition coefficient (Wildman–Crippen LogP) is 4.12. The van der Waals surface area contributed by atoms with Crippen LogP contribution >= 0.6 is 15.9 Å². The van der Waals surface area contributed by atoms with E-state index in [1.165, 1.54) is 11.3 Å². The molecule has 1 N–H and O–H groups in total. The third kappa shape index (κ3) is 4.44. The van der Waals surface area contributed by atoms with Crippen LogP contribution in [0.4, 0.5) is 5.69 Å². The molecule has 21 heavy (non-hydrogen) atoms. The zero-order chi connectivity index (χ0) is 15.4. The first-order valence-corrected chi connectivity index (χ1v) is 8.73. The maximum Gasteiger partial charge on any atom is 0.0726 e. The Hall–Kier alpha value is -0.580. The number of ether oxygens (including phenoxy) is 1. The fourth-order valence-corrected chi connectivity index (χ4v) is 3.38. The van der Waals surface area contributed by atoms with Crippen molar-refractivity contribution in [2.24, 2.45) is 0 Å². The highest BCUT2D eigenvalue weighted by Gasteiger charge is 2.25. The van der Waals surface area contributed by atoms with Crippen molar-refractivity contribution in [3.05, 3.63) is 28.2 Å². The number of halogens is 1. The summed E-state index contributed by atoms with van der Waals surface area (Å²) in [7, 11) is 0. The van der Waals surface area contributed by atoms with Gasteiger partial charge < -0.3 is 15.0 Å². The number of morpholine rings is 1. The molecule has 3 nitrogen and oxygen atoms in total. The van der Waals surface area contributed by atoms with Crippen LogP contribution in [0.2, 0.25) is 0 Å². The number of rotatable bonds is 5. The highest BCUT2D eigenvalue weighted by Crippen LogP contribution is 2.31. The Labute approximate surface area is 137 Å². The molecule has 0 saturated carbocycles. The first kappa shape index (κ1) is 16.8. The third-order valence-electron chi connectivity index (χ3n) is 3.92. The second-order valence-electron chi connectivity index (χ2n) is 6.04. The van der Waals surface area contributed by atoms with E-state index in [9.17, 15) is 0 Å². The lowest BCUT2D eigenvalue weighted by molar-refractivity contribution is -0.00528. The molecule has 0 aliphatic carbocycles. The van der Waals surface area contributed by atoms with Crippen LogP contribution in [-0.2, 0) is 4.74 Å². The summed E-state index contributed by atoms with van der Waals surface area (Å²) >= 11 is 3.61. The summed E-state index contributed by atoms with van der Waals surface area (Å²) in [6.07, 6.45) is 1.72. The van der Waals surface area contributed by atoms with Crippen LogP contribution in [0.1, 0.15) is 45.7 Å². The summed E-state index contributed by atoms with van der Waals surface area (Å²) < 4.78 is 7.00. The number of nitrogens with zero attached hydrogens (tertiary/aromatic N) is 1. The maximum absolute atomic E-state index is 5.86. The zero-order valence-electron chi connectivity index (χ0n) is 13.5. The normalized spacial score (nSPS) is 24.1. The van der Waals surface area contributed by atoms with Crippen LogP contribution in [0.5, 0.6) is 0 Å². The summed E-state index contributed by atoms with van der Waals surface area (Å²) in [4.78, 5) is 2.46. The Balaban J connectivity index is 2.25. The Morgan fingerprint density at radius 2 is 2.00 bits per heavy atom. The molecule has 1 aliphatic heterocycles. The topological polar surface area (TPSA) is 24.5 Å². The lowest BCUT2D eigenvalue weighted by atomic mass is 10.0. The summed E-state index contributed by atoms with van der Waals surface area (Å²) in [6, 6.07) is 6.96. The summed E-state index contributed by atoms with van der Waals surface area (Å²) in [5.74, 6) is 0. The van der Waals surface area contributed by atoms with Gasteiger partial charge in [-0.3, -0.25) is 0 Å². The number of nitrogens with one attached hydrogen (secondary N) is 1. The average Bonchev–Trinajstić information content (AvgIpc) is 2.43. The van der Waals surface area contributed by atoms with E-state index in [-0.39, 0.29) is 12.2 Å². The van der Waals surface area contributed by atoms with Gasteiger partial charge in [0.1, 0.15) is 0 Å². The van der Waals surface area contributed by atoms with Gasteiger partial charge in [0.2, 0.25) is 0 Å². The van der Waals surface area contributed by atoms with E-state index in [2.05, 4.69) is 72.0 Å². The van der Waals surface area contributed by atoms with Gasteiger partial charge >= 0.3 is 0 Å².